The van der Waals surface area contributed by atoms with Crippen molar-refractivity contribution in [2.45, 2.75) is 19.8 Å². The lowest BCUT2D eigenvalue weighted by Gasteiger charge is -2.10. The highest BCUT2D eigenvalue weighted by atomic mass is 32.1. The predicted octanol–water partition coefficient (Wildman–Crippen LogP) is 1.76. The first-order valence-corrected chi connectivity index (χ1v) is 5.40. The minimum atomic E-state index is 0.351. The first kappa shape index (κ1) is 12.4. The minimum absolute atomic E-state index is 0.351. The van der Waals surface area contributed by atoms with Gasteiger partial charge in [-0.15, -0.1) is 0 Å². The van der Waals surface area contributed by atoms with Gasteiger partial charge >= 0.3 is 0 Å². The van der Waals surface area contributed by atoms with Crippen molar-refractivity contribution in [1.82, 2.24) is 10.9 Å². The Balaban J connectivity index is 2.54. The Morgan fingerprint density at radius 3 is 2.44 bits per heavy atom. The van der Waals surface area contributed by atoms with Crippen molar-refractivity contribution in [3.8, 4) is 0 Å². The van der Waals surface area contributed by atoms with Crippen LogP contribution in [0.1, 0.15) is 25.3 Å². The van der Waals surface area contributed by atoms with E-state index in [-0.39, 0.29) is 0 Å². The smallest absolute Gasteiger partial charge is 0.225 e. The number of carbonyl (C=O) groups excluding carboxylic acids is 1. The van der Waals surface area contributed by atoms with Crippen LogP contribution in [-0.2, 0) is 4.79 Å². The molecule has 0 aliphatic carbocycles. The highest BCUT2D eigenvalue weighted by Crippen LogP contribution is 2.16. The van der Waals surface area contributed by atoms with Gasteiger partial charge in [-0.3, -0.25) is 15.6 Å². The zero-order valence-electron chi connectivity index (χ0n) is 9.28. The van der Waals surface area contributed by atoms with Crippen LogP contribution in [0.15, 0.2) is 24.3 Å². The van der Waals surface area contributed by atoms with Gasteiger partial charge in [-0.1, -0.05) is 26.0 Å². The fraction of sp³-hybridized carbons (Fsp3) is 0.273. The van der Waals surface area contributed by atoms with Crippen LogP contribution in [-0.4, -0.2) is 11.5 Å². The third kappa shape index (κ3) is 3.86. The molecule has 1 rings (SSSR count). The molecule has 0 heterocycles. The second kappa shape index (κ2) is 6.07. The third-order valence-corrected chi connectivity index (χ3v) is 2.28. The van der Waals surface area contributed by atoms with Crippen LogP contribution < -0.4 is 16.2 Å². The van der Waals surface area contributed by atoms with Crippen LogP contribution in [0.5, 0.6) is 0 Å². The molecule has 0 saturated carbocycles. The van der Waals surface area contributed by atoms with Gasteiger partial charge in [0.05, 0.1) is 0 Å². The number of hydrogen-bond acceptors (Lipinski definition) is 2. The molecular formula is C11H15N3OS. The summed E-state index contributed by atoms with van der Waals surface area (Å²) < 4.78 is 0. The van der Waals surface area contributed by atoms with E-state index in [1.165, 1.54) is 5.56 Å². The number of rotatable bonds is 4. The van der Waals surface area contributed by atoms with E-state index in [2.05, 4.69) is 30.0 Å². The van der Waals surface area contributed by atoms with Crippen LogP contribution in [0.25, 0.3) is 0 Å². The van der Waals surface area contributed by atoms with Crippen molar-refractivity contribution in [3.05, 3.63) is 29.8 Å². The molecule has 0 radical (unpaired) electrons. The van der Waals surface area contributed by atoms with E-state index < -0.39 is 0 Å². The van der Waals surface area contributed by atoms with E-state index >= 15 is 0 Å². The highest BCUT2D eigenvalue weighted by molar-refractivity contribution is 7.80. The van der Waals surface area contributed by atoms with Crippen LogP contribution in [0.4, 0.5) is 5.69 Å². The van der Waals surface area contributed by atoms with Gasteiger partial charge in [0, 0.05) is 5.69 Å². The fourth-order valence-corrected chi connectivity index (χ4v) is 1.39. The van der Waals surface area contributed by atoms with E-state index in [4.69, 9.17) is 12.2 Å². The van der Waals surface area contributed by atoms with E-state index in [0.29, 0.717) is 17.4 Å². The van der Waals surface area contributed by atoms with Gasteiger partial charge in [0.1, 0.15) is 0 Å². The topological polar surface area (TPSA) is 53.2 Å². The summed E-state index contributed by atoms with van der Waals surface area (Å²) in [6.07, 6.45) is 0.524. The SMILES string of the molecule is CC(C)c1ccc(NC(=S)NNC=O)cc1. The summed E-state index contributed by atoms with van der Waals surface area (Å²) in [6, 6.07) is 7.99. The molecule has 86 valence electrons. The normalized spacial score (nSPS) is 9.69. The van der Waals surface area contributed by atoms with Crippen LogP contribution >= 0.6 is 12.2 Å². The Kier molecular flexibility index (Phi) is 4.72. The van der Waals surface area contributed by atoms with Gasteiger partial charge in [0.2, 0.25) is 6.41 Å². The van der Waals surface area contributed by atoms with Crippen molar-refractivity contribution in [2.24, 2.45) is 0 Å². The lowest BCUT2D eigenvalue weighted by Crippen LogP contribution is -2.39. The monoisotopic (exact) mass is 237 g/mol. The molecule has 0 aromatic heterocycles. The maximum Gasteiger partial charge on any atom is 0.225 e. The summed E-state index contributed by atoms with van der Waals surface area (Å²) in [7, 11) is 0. The first-order valence-electron chi connectivity index (χ1n) is 4.99. The fourth-order valence-electron chi connectivity index (χ4n) is 1.21. The van der Waals surface area contributed by atoms with E-state index in [0.717, 1.165) is 5.69 Å². The number of benzene rings is 1. The van der Waals surface area contributed by atoms with Crippen molar-refractivity contribution in [1.29, 1.82) is 0 Å². The number of nitrogens with one attached hydrogen (secondary N) is 3. The third-order valence-electron chi connectivity index (χ3n) is 2.08. The van der Waals surface area contributed by atoms with E-state index in [1.54, 1.807) is 0 Å². The lowest BCUT2D eigenvalue weighted by molar-refractivity contribution is -0.110. The Morgan fingerprint density at radius 1 is 1.31 bits per heavy atom. The minimum Gasteiger partial charge on any atom is -0.331 e. The van der Waals surface area contributed by atoms with E-state index in [1.807, 2.05) is 24.3 Å². The zero-order valence-corrected chi connectivity index (χ0v) is 10.1. The van der Waals surface area contributed by atoms with Crippen molar-refractivity contribution < 1.29 is 4.79 Å². The molecule has 0 fully saturated rings. The average Bonchev–Trinajstić information content (AvgIpc) is 2.27. The van der Waals surface area contributed by atoms with Gasteiger partial charge in [-0.25, -0.2) is 0 Å². The molecule has 0 saturated heterocycles. The number of anilines is 1. The molecule has 5 heteroatoms. The maximum atomic E-state index is 10.0. The molecule has 0 atom stereocenters. The first-order chi connectivity index (χ1) is 7.63. The van der Waals surface area contributed by atoms with Crippen molar-refractivity contribution in [3.63, 3.8) is 0 Å². The second-order valence-electron chi connectivity index (χ2n) is 3.62. The Morgan fingerprint density at radius 2 is 1.94 bits per heavy atom. The Hall–Kier alpha value is -1.62. The maximum absolute atomic E-state index is 10.0. The summed E-state index contributed by atoms with van der Waals surface area (Å²) in [4.78, 5) is 10.0. The molecule has 0 aliphatic heterocycles. The molecule has 1 aromatic rings. The van der Waals surface area contributed by atoms with Gasteiger partial charge in [0.15, 0.2) is 5.11 Å². The predicted molar refractivity (Wildman–Crippen MR) is 69.1 cm³/mol. The van der Waals surface area contributed by atoms with Gasteiger partial charge in [-0.05, 0) is 35.8 Å². The number of hydrogen-bond donors (Lipinski definition) is 3. The quantitative estimate of drug-likeness (QED) is 0.424. The number of thiocarbonyl (C=S) groups is 1. The van der Waals surface area contributed by atoms with Crippen molar-refractivity contribution in [2.75, 3.05) is 5.32 Å². The number of amides is 1. The van der Waals surface area contributed by atoms with Crippen LogP contribution in [0, 0.1) is 0 Å². The van der Waals surface area contributed by atoms with Gasteiger partial charge < -0.3 is 5.32 Å². The summed E-state index contributed by atoms with van der Waals surface area (Å²) in [5.41, 5.74) is 6.94. The molecule has 3 N–H and O–H groups in total. The summed E-state index contributed by atoms with van der Waals surface area (Å²) in [5, 5.41) is 3.29. The number of carbonyl (C=O) groups is 1. The second-order valence-corrected chi connectivity index (χ2v) is 4.03. The van der Waals surface area contributed by atoms with Gasteiger partial charge in [-0.2, -0.15) is 0 Å². The zero-order chi connectivity index (χ0) is 12.0. The molecule has 1 aromatic carbocycles. The largest absolute Gasteiger partial charge is 0.331 e. The van der Waals surface area contributed by atoms with Crippen molar-refractivity contribution >= 4 is 29.4 Å². The summed E-state index contributed by atoms with van der Waals surface area (Å²) in [5.74, 6) is 0.510. The van der Waals surface area contributed by atoms with Crippen LogP contribution in [0.3, 0.4) is 0 Å². The molecule has 0 spiro atoms. The lowest BCUT2D eigenvalue weighted by atomic mass is 10.0. The van der Waals surface area contributed by atoms with Gasteiger partial charge in [0.25, 0.3) is 0 Å². The van der Waals surface area contributed by atoms with Crippen LogP contribution in [0.2, 0.25) is 0 Å². The molecule has 4 nitrogen and oxygen atoms in total. The standard InChI is InChI=1S/C11H15N3OS/c1-8(2)9-3-5-10(6-4-9)13-11(16)14-12-7-15/h3-8H,1-2H3,(H,12,15)(H2,13,14,16). The summed E-state index contributed by atoms with van der Waals surface area (Å²) >= 11 is 4.94. The highest BCUT2D eigenvalue weighted by Gasteiger charge is 1.99. The molecule has 0 bridgehead atoms. The molecule has 0 aliphatic rings. The molecular weight excluding hydrogens is 222 g/mol. The van der Waals surface area contributed by atoms with E-state index in [9.17, 15) is 4.79 Å². The molecule has 1 amide bonds. The molecule has 16 heavy (non-hydrogen) atoms. The average molecular weight is 237 g/mol. The summed E-state index contributed by atoms with van der Waals surface area (Å²) in [6.45, 7) is 4.28. The Labute approximate surface area is 100 Å². The Bertz CT molecular complexity index is 362. The number of hydrazine groups is 1. The molecule has 0 unspecified atom stereocenters.